The van der Waals surface area contributed by atoms with E-state index in [0.717, 1.165) is 13.0 Å². The van der Waals surface area contributed by atoms with E-state index in [4.69, 9.17) is 10.6 Å². The number of pyridine rings is 1. The third-order valence-corrected chi connectivity index (χ3v) is 3.19. The van der Waals surface area contributed by atoms with E-state index < -0.39 is 0 Å². The Bertz CT molecular complexity index is 418. The first-order valence-electron chi connectivity index (χ1n) is 6.02. The fraction of sp³-hybridized carbons (Fsp3) is 0.500. The van der Waals surface area contributed by atoms with Crippen LogP contribution < -0.4 is 16.6 Å². The molecule has 6 heteroatoms. The molecule has 4 N–H and O–H groups in total. The number of ether oxygens (including phenoxy) is 1. The van der Waals surface area contributed by atoms with Gasteiger partial charge in [-0.2, -0.15) is 0 Å². The topological polar surface area (TPSA) is 89.3 Å². The molecule has 0 radical (unpaired) electrons. The number of anilines is 1. The van der Waals surface area contributed by atoms with Crippen molar-refractivity contribution in [3.05, 3.63) is 24.0 Å². The second kappa shape index (κ2) is 5.79. The first-order valence-corrected chi connectivity index (χ1v) is 6.02. The van der Waals surface area contributed by atoms with Gasteiger partial charge in [0.25, 0.3) is 5.91 Å². The van der Waals surface area contributed by atoms with Crippen molar-refractivity contribution in [1.29, 1.82) is 0 Å². The van der Waals surface area contributed by atoms with E-state index >= 15 is 0 Å². The molecule has 0 bridgehead atoms. The Kier molecular flexibility index (Phi) is 4.11. The zero-order valence-electron chi connectivity index (χ0n) is 10.3. The summed E-state index contributed by atoms with van der Waals surface area (Å²) in [5.41, 5.74) is 3.51. The molecule has 98 valence electrons. The minimum absolute atomic E-state index is 0.0799. The lowest BCUT2D eigenvalue weighted by Crippen LogP contribution is -2.38. The summed E-state index contributed by atoms with van der Waals surface area (Å²) >= 11 is 0. The Morgan fingerprint density at radius 3 is 3.17 bits per heavy atom. The smallest absolute Gasteiger partial charge is 0.270 e. The first-order chi connectivity index (χ1) is 8.70. The van der Waals surface area contributed by atoms with Crippen LogP contribution >= 0.6 is 0 Å². The van der Waals surface area contributed by atoms with Crippen LogP contribution in [0, 0.1) is 5.92 Å². The Hall–Kier alpha value is -1.66. The van der Waals surface area contributed by atoms with Gasteiger partial charge in [-0.15, -0.1) is 0 Å². The number of carbonyl (C=O) groups excluding carboxylic acids is 1. The summed E-state index contributed by atoms with van der Waals surface area (Å²) in [6.45, 7) is 3.47. The van der Waals surface area contributed by atoms with Crippen molar-refractivity contribution < 1.29 is 9.53 Å². The zero-order valence-corrected chi connectivity index (χ0v) is 10.3. The molecule has 2 rings (SSSR count). The second-order valence-electron chi connectivity index (χ2n) is 4.46. The predicted molar refractivity (Wildman–Crippen MR) is 67.9 cm³/mol. The Balaban J connectivity index is 1.97. The average Bonchev–Trinajstić information content (AvgIpc) is 2.92. The minimum Gasteiger partial charge on any atom is -0.381 e. The monoisotopic (exact) mass is 250 g/mol. The van der Waals surface area contributed by atoms with Gasteiger partial charge in [-0.1, -0.05) is 0 Å². The maximum absolute atomic E-state index is 12.0. The van der Waals surface area contributed by atoms with Gasteiger partial charge in [-0.3, -0.25) is 15.6 Å². The Morgan fingerprint density at radius 2 is 2.50 bits per heavy atom. The summed E-state index contributed by atoms with van der Waals surface area (Å²) in [6.07, 6.45) is 2.53. The van der Waals surface area contributed by atoms with Crippen molar-refractivity contribution in [3.63, 3.8) is 0 Å². The van der Waals surface area contributed by atoms with Gasteiger partial charge in [0.1, 0.15) is 5.69 Å². The van der Waals surface area contributed by atoms with Crippen LogP contribution in [0.3, 0.4) is 0 Å². The summed E-state index contributed by atoms with van der Waals surface area (Å²) in [6, 6.07) is 3.40. The molecule has 1 aliphatic rings. The van der Waals surface area contributed by atoms with Crippen molar-refractivity contribution in [3.8, 4) is 0 Å². The van der Waals surface area contributed by atoms with Crippen molar-refractivity contribution in [2.24, 2.45) is 11.8 Å². The Morgan fingerprint density at radius 1 is 1.67 bits per heavy atom. The third kappa shape index (κ3) is 2.96. The molecule has 2 heterocycles. The van der Waals surface area contributed by atoms with E-state index in [0.29, 0.717) is 23.9 Å². The molecule has 1 saturated heterocycles. The molecule has 1 fully saturated rings. The molecule has 0 spiro atoms. The van der Waals surface area contributed by atoms with Crippen LogP contribution in [0.25, 0.3) is 0 Å². The van der Waals surface area contributed by atoms with Crippen molar-refractivity contribution in [2.75, 3.05) is 18.6 Å². The summed E-state index contributed by atoms with van der Waals surface area (Å²) in [4.78, 5) is 16.0. The van der Waals surface area contributed by atoms with Gasteiger partial charge < -0.3 is 15.5 Å². The standard InChI is InChI=1S/C12H18N4O2/c1-8(9-3-5-18-7-9)15-12(17)11-6-10(16-13)2-4-14-11/h2,4,6,8-9H,3,5,7,13H2,1H3,(H,14,16)(H,15,17). The molecule has 2 atom stereocenters. The number of aromatic nitrogens is 1. The van der Waals surface area contributed by atoms with Crippen LogP contribution in [0.15, 0.2) is 18.3 Å². The number of amides is 1. The van der Waals surface area contributed by atoms with E-state index in [1.807, 2.05) is 6.92 Å². The highest BCUT2D eigenvalue weighted by atomic mass is 16.5. The fourth-order valence-electron chi connectivity index (χ4n) is 1.99. The van der Waals surface area contributed by atoms with Gasteiger partial charge in [0, 0.05) is 24.8 Å². The van der Waals surface area contributed by atoms with Crippen LogP contribution in [0.1, 0.15) is 23.8 Å². The highest BCUT2D eigenvalue weighted by molar-refractivity contribution is 5.93. The number of carbonyl (C=O) groups is 1. The number of nitrogens with zero attached hydrogens (tertiary/aromatic N) is 1. The van der Waals surface area contributed by atoms with Crippen LogP contribution in [-0.2, 0) is 4.74 Å². The summed E-state index contributed by atoms with van der Waals surface area (Å²) < 4.78 is 5.31. The molecule has 0 aromatic carbocycles. The van der Waals surface area contributed by atoms with E-state index in [1.165, 1.54) is 0 Å². The van der Waals surface area contributed by atoms with Crippen molar-refractivity contribution in [2.45, 2.75) is 19.4 Å². The number of nitrogen functional groups attached to an aromatic ring is 1. The number of hydrogen-bond donors (Lipinski definition) is 3. The van der Waals surface area contributed by atoms with E-state index in [-0.39, 0.29) is 11.9 Å². The lowest BCUT2D eigenvalue weighted by Gasteiger charge is -2.19. The van der Waals surface area contributed by atoms with Gasteiger partial charge in [0.05, 0.1) is 12.3 Å². The zero-order chi connectivity index (χ0) is 13.0. The van der Waals surface area contributed by atoms with Crippen LogP contribution in [0.2, 0.25) is 0 Å². The number of hydrazine groups is 1. The molecular weight excluding hydrogens is 232 g/mol. The summed E-state index contributed by atoms with van der Waals surface area (Å²) in [7, 11) is 0. The quantitative estimate of drug-likeness (QED) is 0.535. The normalized spacial score (nSPS) is 20.4. The maximum Gasteiger partial charge on any atom is 0.270 e. The van der Waals surface area contributed by atoms with Crippen LogP contribution in [-0.4, -0.2) is 30.1 Å². The van der Waals surface area contributed by atoms with Crippen molar-refractivity contribution in [1.82, 2.24) is 10.3 Å². The molecule has 1 amide bonds. The van der Waals surface area contributed by atoms with Gasteiger partial charge in [0.15, 0.2) is 0 Å². The predicted octanol–water partition coefficient (Wildman–Crippen LogP) is 0.522. The SMILES string of the molecule is CC(NC(=O)c1cc(NN)ccn1)C1CCOC1. The molecule has 0 aliphatic carbocycles. The highest BCUT2D eigenvalue weighted by Crippen LogP contribution is 2.16. The number of nitrogens with two attached hydrogens (primary N) is 1. The van der Waals surface area contributed by atoms with Gasteiger partial charge >= 0.3 is 0 Å². The first kappa shape index (κ1) is 12.8. The molecule has 6 nitrogen and oxygen atoms in total. The molecule has 2 unspecified atom stereocenters. The highest BCUT2D eigenvalue weighted by Gasteiger charge is 2.24. The number of rotatable bonds is 4. The molecule has 18 heavy (non-hydrogen) atoms. The largest absolute Gasteiger partial charge is 0.381 e. The Labute approximate surface area is 106 Å². The molecule has 0 saturated carbocycles. The third-order valence-electron chi connectivity index (χ3n) is 3.19. The second-order valence-corrected chi connectivity index (χ2v) is 4.46. The lowest BCUT2D eigenvalue weighted by atomic mass is 10.0. The van der Waals surface area contributed by atoms with E-state index in [2.05, 4.69) is 15.7 Å². The lowest BCUT2D eigenvalue weighted by molar-refractivity contribution is 0.0917. The summed E-state index contributed by atoms with van der Waals surface area (Å²) in [5, 5.41) is 2.94. The minimum atomic E-state index is -0.188. The van der Waals surface area contributed by atoms with Gasteiger partial charge in [-0.05, 0) is 25.5 Å². The summed E-state index contributed by atoms with van der Waals surface area (Å²) in [5.74, 6) is 5.48. The molecule has 1 aromatic rings. The molecular formula is C12H18N4O2. The van der Waals surface area contributed by atoms with Crippen LogP contribution in [0.5, 0.6) is 0 Å². The maximum atomic E-state index is 12.0. The number of hydrogen-bond acceptors (Lipinski definition) is 5. The van der Waals surface area contributed by atoms with Gasteiger partial charge in [-0.25, -0.2) is 0 Å². The average molecular weight is 250 g/mol. The van der Waals surface area contributed by atoms with E-state index in [9.17, 15) is 4.79 Å². The molecule has 1 aliphatic heterocycles. The van der Waals surface area contributed by atoms with Gasteiger partial charge in [0.2, 0.25) is 0 Å². The van der Waals surface area contributed by atoms with E-state index in [1.54, 1.807) is 18.3 Å². The fourth-order valence-corrected chi connectivity index (χ4v) is 1.99. The van der Waals surface area contributed by atoms with Crippen LogP contribution in [0.4, 0.5) is 5.69 Å². The molecule has 1 aromatic heterocycles. The van der Waals surface area contributed by atoms with Crippen molar-refractivity contribution >= 4 is 11.6 Å². The number of nitrogens with one attached hydrogen (secondary N) is 2.